The number of hydrogen-bond donors (Lipinski definition) is 1. The molecular formula is C25H29N3OS. The van der Waals surface area contributed by atoms with Crippen molar-refractivity contribution in [1.82, 2.24) is 4.90 Å². The zero-order chi connectivity index (χ0) is 21.3. The molecule has 5 heteroatoms. The SMILES string of the molecule is C=CC(=O)N1Cc2sc(CC)cc2[C@H](c2ccccc2C(C=NC)=C(N)C2CC2)C1. The van der Waals surface area contributed by atoms with E-state index in [1.807, 2.05) is 22.5 Å². The van der Waals surface area contributed by atoms with Gasteiger partial charge in [0, 0.05) is 46.7 Å². The van der Waals surface area contributed by atoms with Crippen LogP contribution in [-0.4, -0.2) is 30.6 Å². The van der Waals surface area contributed by atoms with Crippen LogP contribution in [0.3, 0.4) is 0 Å². The summed E-state index contributed by atoms with van der Waals surface area (Å²) in [5.41, 5.74) is 12.2. The van der Waals surface area contributed by atoms with Crippen molar-refractivity contribution >= 4 is 29.0 Å². The molecule has 0 saturated heterocycles. The van der Waals surface area contributed by atoms with E-state index < -0.39 is 0 Å². The second-order valence-electron chi connectivity index (χ2n) is 8.04. The topological polar surface area (TPSA) is 58.7 Å². The number of hydrogen-bond acceptors (Lipinski definition) is 4. The molecule has 4 rings (SSSR count). The summed E-state index contributed by atoms with van der Waals surface area (Å²) >= 11 is 1.82. The molecule has 2 aliphatic rings. The van der Waals surface area contributed by atoms with Crippen LogP contribution in [0.15, 0.2) is 53.7 Å². The summed E-state index contributed by atoms with van der Waals surface area (Å²) in [5, 5.41) is 0. The lowest BCUT2D eigenvalue weighted by atomic mass is 9.83. The average Bonchev–Trinajstić information content (AvgIpc) is 3.54. The molecule has 156 valence electrons. The van der Waals surface area contributed by atoms with E-state index in [2.05, 4.69) is 48.8 Å². The van der Waals surface area contributed by atoms with E-state index in [0.717, 1.165) is 36.1 Å². The lowest BCUT2D eigenvalue weighted by Gasteiger charge is -2.33. The molecule has 1 aliphatic carbocycles. The zero-order valence-electron chi connectivity index (χ0n) is 17.7. The highest BCUT2D eigenvalue weighted by molar-refractivity contribution is 7.12. The maximum absolute atomic E-state index is 12.5. The van der Waals surface area contributed by atoms with Crippen LogP contribution in [0.25, 0.3) is 5.57 Å². The lowest BCUT2D eigenvalue weighted by Crippen LogP contribution is -2.37. The van der Waals surface area contributed by atoms with Crippen LogP contribution in [0.4, 0.5) is 0 Å². The molecule has 1 aromatic heterocycles. The molecular weight excluding hydrogens is 390 g/mol. The molecule has 2 aromatic rings. The van der Waals surface area contributed by atoms with Gasteiger partial charge >= 0.3 is 0 Å². The van der Waals surface area contributed by atoms with Crippen LogP contribution in [0.1, 0.15) is 52.1 Å². The third kappa shape index (κ3) is 3.86. The van der Waals surface area contributed by atoms with E-state index in [4.69, 9.17) is 5.73 Å². The summed E-state index contributed by atoms with van der Waals surface area (Å²) in [6, 6.07) is 10.8. The minimum atomic E-state index is -0.0158. The number of fused-ring (bicyclic) bond motifs is 1. The second kappa shape index (κ2) is 8.60. The highest BCUT2D eigenvalue weighted by Gasteiger charge is 2.33. The number of aryl methyl sites for hydroxylation is 1. The quantitative estimate of drug-likeness (QED) is 0.542. The van der Waals surface area contributed by atoms with E-state index in [9.17, 15) is 4.79 Å². The molecule has 2 heterocycles. The number of carbonyl (C=O) groups excluding carboxylic acids is 1. The maximum Gasteiger partial charge on any atom is 0.246 e. The summed E-state index contributed by atoms with van der Waals surface area (Å²) in [4.78, 5) is 21.4. The smallest absolute Gasteiger partial charge is 0.246 e. The van der Waals surface area contributed by atoms with Gasteiger partial charge in [0.05, 0.1) is 6.54 Å². The number of benzene rings is 1. The van der Waals surface area contributed by atoms with Gasteiger partial charge in [0.25, 0.3) is 0 Å². The van der Waals surface area contributed by atoms with Gasteiger partial charge in [0.2, 0.25) is 5.91 Å². The third-order valence-electron chi connectivity index (χ3n) is 6.05. The summed E-state index contributed by atoms with van der Waals surface area (Å²) in [6.07, 6.45) is 6.61. The fraction of sp³-hybridized carbons (Fsp3) is 0.360. The van der Waals surface area contributed by atoms with Crippen LogP contribution in [-0.2, 0) is 17.8 Å². The largest absolute Gasteiger partial charge is 0.401 e. The van der Waals surface area contributed by atoms with E-state index in [-0.39, 0.29) is 11.8 Å². The van der Waals surface area contributed by atoms with Crippen LogP contribution >= 0.6 is 11.3 Å². The number of rotatable bonds is 6. The summed E-state index contributed by atoms with van der Waals surface area (Å²) in [5.74, 6) is 0.551. The maximum atomic E-state index is 12.5. The third-order valence-corrected chi connectivity index (χ3v) is 7.33. The van der Waals surface area contributed by atoms with Gasteiger partial charge in [-0.15, -0.1) is 11.3 Å². The Bertz CT molecular complexity index is 1030. The van der Waals surface area contributed by atoms with Crippen molar-refractivity contribution < 1.29 is 4.79 Å². The molecule has 2 N–H and O–H groups in total. The zero-order valence-corrected chi connectivity index (χ0v) is 18.5. The Morgan fingerprint density at radius 3 is 2.77 bits per heavy atom. The molecule has 1 fully saturated rings. The molecule has 0 bridgehead atoms. The fourth-order valence-electron chi connectivity index (χ4n) is 4.30. The number of allylic oxidation sites excluding steroid dienone is 2. The Balaban J connectivity index is 1.85. The number of thiophene rings is 1. The molecule has 1 aliphatic heterocycles. The first-order valence-corrected chi connectivity index (χ1v) is 11.4. The van der Waals surface area contributed by atoms with Crippen molar-refractivity contribution in [1.29, 1.82) is 0 Å². The lowest BCUT2D eigenvalue weighted by molar-refractivity contribution is -0.127. The molecule has 1 atom stereocenters. The minimum Gasteiger partial charge on any atom is -0.401 e. The summed E-state index contributed by atoms with van der Waals surface area (Å²) < 4.78 is 0. The van der Waals surface area contributed by atoms with Gasteiger partial charge in [-0.2, -0.15) is 0 Å². The van der Waals surface area contributed by atoms with E-state index >= 15 is 0 Å². The van der Waals surface area contributed by atoms with Crippen molar-refractivity contribution in [2.45, 2.75) is 38.6 Å². The Kier molecular flexibility index (Phi) is 5.91. The highest BCUT2D eigenvalue weighted by Crippen LogP contribution is 2.42. The summed E-state index contributed by atoms with van der Waals surface area (Å²) in [7, 11) is 1.79. The first-order valence-electron chi connectivity index (χ1n) is 10.6. The van der Waals surface area contributed by atoms with Gasteiger partial charge in [-0.05, 0) is 54.0 Å². The average molecular weight is 420 g/mol. The van der Waals surface area contributed by atoms with Gasteiger partial charge < -0.3 is 10.6 Å². The van der Waals surface area contributed by atoms with E-state index in [1.54, 1.807) is 7.05 Å². The monoisotopic (exact) mass is 419 g/mol. The first kappa shape index (κ1) is 20.6. The van der Waals surface area contributed by atoms with E-state index in [0.29, 0.717) is 19.0 Å². The molecule has 4 nitrogen and oxygen atoms in total. The number of amides is 1. The van der Waals surface area contributed by atoms with Crippen LogP contribution in [0.5, 0.6) is 0 Å². The molecule has 0 unspecified atom stereocenters. The van der Waals surface area contributed by atoms with Crippen molar-refractivity contribution in [3.63, 3.8) is 0 Å². The summed E-state index contributed by atoms with van der Waals surface area (Å²) in [6.45, 7) is 7.19. The molecule has 1 amide bonds. The molecule has 0 radical (unpaired) electrons. The molecule has 0 spiro atoms. The van der Waals surface area contributed by atoms with Gasteiger partial charge in [-0.25, -0.2) is 0 Å². The van der Waals surface area contributed by atoms with Crippen molar-refractivity contribution in [3.05, 3.63) is 75.1 Å². The van der Waals surface area contributed by atoms with Gasteiger partial charge in [0.1, 0.15) is 0 Å². The van der Waals surface area contributed by atoms with Gasteiger partial charge in [-0.1, -0.05) is 37.8 Å². The van der Waals surface area contributed by atoms with Crippen LogP contribution in [0, 0.1) is 5.92 Å². The highest BCUT2D eigenvalue weighted by atomic mass is 32.1. The van der Waals surface area contributed by atoms with Crippen molar-refractivity contribution in [2.24, 2.45) is 16.6 Å². The Morgan fingerprint density at radius 1 is 1.33 bits per heavy atom. The Morgan fingerprint density at radius 2 is 2.10 bits per heavy atom. The number of carbonyl (C=O) groups is 1. The first-order chi connectivity index (χ1) is 14.6. The minimum absolute atomic E-state index is 0.0158. The van der Waals surface area contributed by atoms with E-state index in [1.165, 1.54) is 27.0 Å². The van der Waals surface area contributed by atoms with Crippen LogP contribution in [0.2, 0.25) is 0 Å². The van der Waals surface area contributed by atoms with Crippen molar-refractivity contribution in [2.75, 3.05) is 13.6 Å². The predicted octanol–water partition coefficient (Wildman–Crippen LogP) is 4.75. The predicted molar refractivity (Wildman–Crippen MR) is 126 cm³/mol. The molecule has 1 saturated carbocycles. The fourth-order valence-corrected chi connectivity index (χ4v) is 5.49. The van der Waals surface area contributed by atoms with Gasteiger partial charge in [0.15, 0.2) is 0 Å². The van der Waals surface area contributed by atoms with Crippen molar-refractivity contribution in [3.8, 4) is 0 Å². The van der Waals surface area contributed by atoms with Crippen LogP contribution < -0.4 is 5.73 Å². The molecule has 30 heavy (non-hydrogen) atoms. The van der Waals surface area contributed by atoms with Gasteiger partial charge in [-0.3, -0.25) is 9.79 Å². The standard InChI is InChI=1S/C25H29N3OS/c1-4-17-12-20-22(14-28(24(29)5-2)15-23(20)30-17)19-9-7-6-8-18(19)21(13-27-3)25(26)16-10-11-16/h5-9,12-13,16,22H,2,4,10-11,14-15,26H2,1,3H3/t22-/m0/s1. The normalized spacial score (nSPS) is 19.5. The second-order valence-corrected chi connectivity index (χ2v) is 9.26. The Labute approximate surface area is 182 Å². The molecule has 1 aromatic carbocycles. The number of nitrogens with two attached hydrogens (primary N) is 1. The number of aliphatic imine (C=N–C) groups is 1. The number of nitrogens with zero attached hydrogens (tertiary/aromatic N) is 2. The Hall–Kier alpha value is -2.66.